The Morgan fingerprint density at radius 2 is 1.72 bits per heavy atom. The van der Waals surface area contributed by atoms with Gasteiger partial charge in [0.15, 0.2) is 22.9 Å². The third-order valence-electron chi connectivity index (χ3n) is 11.8. The molecule has 57 heavy (non-hydrogen) atoms. The average Bonchev–Trinajstić information content (AvgIpc) is 4.05. The lowest BCUT2D eigenvalue weighted by molar-refractivity contribution is -0.136. The lowest BCUT2D eigenvalue weighted by atomic mass is 10.0. The molecule has 0 radical (unpaired) electrons. The monoisotopic (exact) mass is 789 g/mol. The van der Waals surface area contributed by atoms with Gasteiger partial charge in [-0.1, -0.05) is 11.3 Å². The molecule has 0 bridgehead atoms. The Morgan fingerprint density at radius 1 is 0.912 bits per heavy atom. The molecule has 3 aromatic heterocycles. The number of ether oxygens (including phenoxy) is 1. The highest BCUT2D eigenvalue weighted by Gasteiger charge is 2.39. The number of pyridine rings is 1. The van der Waals surface area contributed by atoms with Gasteiger partial charge >= 0.3 is 0 Å². The van der Waals surface area contributed by atoms with Crippen LogP contribution in [0.15, 0.2) is 61.1 Å². The number of anilines is 3. The quantitative estimate of drug-likeness (QED) is 0.226. The number of carbonyl (C=O) groups excluding carboxylic acids is 3. The molecule has 8 heterocycles. The van der Waals surface area contributed by atoms with Gasteiger partial charge in [0.25, 0.3) is 5.91 Å². The molecule has 17 heteroatoms. The highest BCUT2D eigenvalue weighted by molar-refractivity contribution is 7.19. The number of piperidine rings is 2. The largest absolute Gasteiger partial charge is 0.462 e. The molecule has 3 fully saturated rings. The molecule has 5 aliphatic rings. The topological polar surface area (TPSA) is 154 Å². The Morgan fingerprint density at radius 3 is 2.51 bits per heavy atom. The van der Waals surface area contributed by atoms with Crippen LogP contribution in [0.25, 0.3) is 16.1 Å². The number of nitrogens with zero attached hydrogens (tertiary/aromatic N) is 9. The summed E-state index contributed by atoms with van der Waals surface area (Å²) in [6.07, 6.45) is 7.03. The number of rotatable bonds is 7. The zero-order valence-electron chi connectivity index (χ0n) is 31.2. The molecular weight excluding hydrogens is 750 g/mol. The maximum Gasteiger partial charge on any atom is 0.255 e. The van der Waals surface area contributed by atoms with Crippen LogP contribution in [-0.4, -0.2) is 104 Å². The van der Waals surface area contributed by atoms with Crippen molar-refractivity contribution in [1.82, 2.24) is 40.1 Å². The van der Waals surface area contributed by atoms with E-state index in [0.717, 1.165) is 84.6 Å². The van der Waals surface area contributed by atoms with Crippen LogP contribution >= 0.6 is 11.3 Å². The number of imide groups is 1. The third-order valence-corrected chi connectivity index (χ3v) is 13.0. The van der Waals surface area contributed by atoms with E-state index in [9.17, 15) is 18.8 Å². The van der Waals surface area contributed by atoms with E-state index in [2.05, 4.69) is 46.6 Å². The summed E-state index contributed by atoms with van der Waals surface area (Å²) in [5.74, 6) is -0.0314. The number of hydrogen-bond acceptors (Lipinski definition) is 13. The lowest BCUT2D eigenvalue weighted by Crippen LogP contribution is -2.53. The summed E-state index contributed by atoms with van der Waals surface area (Å²) in [4.78, 5) is 58.4. The van der Waals surface area contributed by atoms with Gasteiger partial charge < -0.3 is 24.8 Å². The zero-order chi connectivity index (χ0) is 38.8. The molecule has 0 aliphatic carbocycles. The standard InChI is InChI=1S/C40H40FN11O4S/c1-23-35(24-19-33-36(42-21-24)47-38(56-33)30-20-26(41)2-5-31(30)52-43-10-11-44-52)57-40(45-23)50-16-14-49(15-17-50)27-8-12-48(13-9-27)28-3-4-29-25(18-28)22-51(39(29)55)32-6-7-34(53)46-37(32)54/h2-5,10-11,18-21,27,32,38H,6-9,12-17,22H2,1H3,(H,42,47)(H,46,53,54)/t32?,38-/m1/s1. The summed E-state index contributed by atoms with van der Waals surface area (Å²) in [6, 6.07) is 12.3. The van der Waals surface area contributed by atoms with Crippen molar-refractivity contribution in [2.24, 2.45) is 0 Å². The Balaban J connectivity index is 0.744. The number of benzene rings is 2. The van der Waals surface area contributed by atoms with Crippen LogP contribution in [0.5, 0.6) is 5.75 Å². The van der Waals surface area contributed by atoms with Crippen molar-refractivity contribution < 1.29 is 23.5 Å². The van der Waals surface area contributed by atoms with E-state index in [1.54, 1.807) is 34.7 Å². The molecule has 10 rings (SSSR count). The second-order valence-corrected chi connectivity index (χ2v) is 16.1. The highest BCUT2D eigenvalue weighted by Crippen LogP contribution is 2.43. The van der Waals surface area contributed by atoms with Crippen molar-refractivity contribution in [3.63, 3.8) is 0 Å². The van der Waals surface area contributed by atoms with E-state index >= 15 is 0 Å². The number of aryl methyl sites for hydroxylation is 1. The van der Waals surface area contributed by atoms with Crippen LogP contribution in [-0.2, 0) is 16.1 Å². The summed E-state index contributed by atoms with van der Waals surface area (Å²) < 4.78 is 20.7. The fourth-order valence-corrected chi connectivity index (χ4v) is 9.86. The van der Waals surface area contributed by atoms with Crippen LogP contribution in [0.4, 0.5) is 21.0 Å². The first-order chi connectivity index (χ1) is 27.8. The van der Waals surface area contributed by atoms with Crippen molar-refractivity contribution in [3.05, 3.63) is 89.3 Å². The van der Waals surface area contributed by atoms with Crippen LogP contribution in [0.2, 0.25) is 0 Å². The van der Waals surface area contributed by atoms with Crippen molar-refractivity contribution in [2.75, 3.05) is 54.4 Å². The third kappa shape index (κ3) is 6.53. The number of hydrogen-bond donors (Lipinski definition) is 2. The van der Waals surface area contributed by atoms with Gasteiger partial charge in [0.2, 0.25) is 11.8 Å². The fraction of sp³-hybridized carbons (Fsp3) is 0.375. The molecule has 5 aliphatic heterocycles. The van der Waals surface area contributed by atoms with E-state index in [1.165, 1.54) is 16.9 Å². The summed E-state index contributed by atoms with van der Waals surface area (Å²) >= 11 is 1.66. The summed E-state index contributed by atoms with van der Waals surface area (Å²) in [5.41, 5.74) is 5.71. The number of carbonyl (C=O) groups is 3. The predicted molar refractivity (Wildman–Crippen MR) is 210 cm³/mol. The first-order valence-electron chi connectivity index (χ1n) is 19.3. The number of thiazole rings is 1. The Hall–Kier alpha value is -5.94. The molecule has 2 atom stereocenters. The summed E-state index contributed by atoms with van der Waals surface area (Å²) in [7, 11) is 0. The molecule has 1 unspecified atom stereocenters. The van der Waals surface area contributed by atoms with Gasteiger partial charge in [0, 0.05) is 86.9 Å². The number of nitrogens with one attached hydrogen (secondary N) is 2. The first kappa shape index (κ1) is 35.5. The van der Waals surface area contributed by atoms with Gasteiger partial charge in [0.05, 0.1) is 28.7 Å². The smallest absolute Gasteiger partial charge is 0.255 e. The predicted octanol–water partition coefficient (Wildman–Crippen LogP) is 4.29. The Bertz CT molecular complexity index is 2390. The van der Waals surface area contributed by atoms with E-state index < -0.39 is 12.3 Å². The number of amides is 3. The molecule has 0 spiro atoms. The first-order valence-corrected chi connectivity index (χ1v) is 20.2. The molecule has 5 aromatic rings. The van der Waals surface area contributed by atoms with Gasteiger partial charge in [-0.05, 0) is 74.2 Å². The van der Waals surface area contributed by atoms with Crippen molar-refractivity contribution in [3.8, 4) is 21.9 Å². The van der Waals surface area contributed by atoms with Gasteiger partial charge in [-0.3, -0.25) is 24.6 Å². The number of halogens is 1. The molecular formula is C40H40FN11O4S. The molecule has 2 N–H and O–H groups in total. The minimum Gasteiger partial charge on any atom is -0.462 e. The van der Waals surface area contributed by atoms with Crippen LogP contribution in [0, 0.1) is 12.7 Å². The molecule has 292 valence electrons. The van der Waals surface area contributed by atoms with Crippen LogP contribution in [0.3, 0.4) is 0 Å². The second kappa shape index (κ2) is 14.2. The molecule has 2 aromatic carbocycles. The van der Waals surface area contributed by atoms with Gasteiger partial charge in [-0.2, -0.15) is 15.0 Å². The number of piperazine rings is 1. The average molecular weight is 790 g/mol. The zero-order valence-corrected chi connectivity index (χ0v) is 32.0. The van der Waals surface area contributed by atoms with Crippen LogP contribution in [0.1, 0.15) is 59.1 Å². The normalized spacial score (nSPS) is 21.4. The number of fused-ring (bicyclic) bond motifs is 2. The van der Waals surface area contributed by atoms with E-state index in [4.69, 9.17) is 9.72 Å². The van der Waals surface area contributed by atoms with E-state index in [0.29, 0.717) is 47.4 Å². The molecule has 3 amide bonds. The molecule has 15 nitrogen and oxygen atoms in total. The summed E-state index contributed by atoms with van der Waals surface area (Å²) in [5, 5.41) is 15.1. The molecule has 0 saturated carbocycles. The van der Waals surface area contributed by atoms with Crippen molar-refractivity contribution in [2.45, 2.75) is 57.5 Å². The lowest BCUT2D eigenvalue weighted by Gasteiger charge is -2.43. The van der Waals surface area contributed by atoms with Gasteiger partial charge in [-0.15, -0.1) is 0 Å². The minimum absolute atomic E-state index is 0.142. The fourth-order valence-electron chi connectivity index (χ4n) is 8.76. The van der Waals surface area contributed by atoms with Gasteiger partial charge in [-0.25, -0.2) is 14.4 Å². The van der Waals surface area contributed by atoms with E-state index in [-0.39, 0.29) is 30.0 Å². The second-order valence-electron chi connectivity index (χ2n) is 15.1. The highest BCUT2D eigenvalue weighted by atomic mass is 32.1. The summed E-state index contributed by atoms with van der Waals surface area (Å²) in [6.45, 7) is 8.00. The van der Waals surface area contributed by atoms with Crippen LogP contribution < -0.4 is 25.2 Å². The Kier molecular flexibility index (Phi) is 8.85. The maximum atomic E-state index is 14.4. The maximum absolute atomic E-state index is 14.4. The number of aromatic nitrogens is 5. The van der Waals surface area contributed by atoms with Crippen molar-refractivity contribution >= 4 is 45.7 Å². The van der Waals surface area contributed by atoms with Crippen molar-refractivity contribution in [1.29, 1.82) is 0 Å². The molecule has 3 saturated heterocycles. The Labute approximate surface area is 331 Å². The van der Waals surface area contributed by atoms with E-state index in [1.807, 2.05) is 31.3 Å². The minimum atomic E-state index is -0.660. The van der Waals surface area contributed by atoms with Gasteiger partial charge in [0.1, 0.15) is 11.9 Å². The SMILES string of the molecule is Cc1nc(N2CCN(C3CCN(c4ccc5c(c4)CN(C4CCC(=O)NC4=O)C5=O)CC3)CC2)sc1-c1cnc2c(c1)O[C@H](c1cc(F)ccc1-n1nccn1)N2.